The monoisotopic (exact) mass is 491 g/mol. The normalized spacial score (nSPS) is 15.2. The zero-order valence-corrected chi connectivity index (χ0v) is 22.1. The molecule has 2 heterocycles. The van der Waals surface area contributed by atoms with Gasteiger partial charge in [-0.2, -0.15) is 0 Å². The molecule has 1 atom stereocenters. The van der Waals surface area contributed by atoms with Gasteiger partial charge in [-0.3, -0.25) is 9.59 Å². The molecule has 0 aliphatic carbocycles. The van der Waals surface area contributed by atoms with E-state index in [4.69, 9.17) is 13.9 Å². The average Bonchev–Trinajstić information content (AvgIpc) is 3.12. The van der Waals surface area contributed by atoms with Crippen LogP contribution in [0.2, 0.25) is 0 Å². The van der Waals surface area contributed by atoms with Crippen LogP contribution in [0.15, 0.2) is 45.6 Å². The highest BCUT2D eigenvalue weighted by atomic mass is 16.5. The van der Waals surface area contributed by atoms with Gasteiger partial charge >= 0.3 is 0 Å². The number of hydrogen-bond donors (Lipinski definition) is 0. The molecule has 0 saturated heterocycles. The van der Waals surface area contributed by atoms with Gasteiger partial charge in [-0.05, 0) is 75.4 Å². The van der Waals surface area contributed by atoms with Gasteiger partial charge < -0.3 is 18.8 Å². The Morgan fingerprint density at radius 2 is 1.83 bits per heavy atom. The van der Waals surface area contributed by atoms with Crippen LogP contribution in [0.25, 0.3) is 11.0 Å². The lowest BCUT2D eigenvalue weighted by atomic mass is 9.97. The van der Waals surface area contributed by atoms with Gasteiger partial charge in [0, 0.05) is 13.2 Å². The van der Waals surface area contributed by atoms with E-state index >= 15 is 0 Å². The summed E-state index contributed by atoms with van der Waals surface area (Å²) in [7, 11) is 0. The van der Waals surface area contributed by atoms with Crippen molar-refractivity contribution in [1.29, 1.82) is 0 Å². The molecule has 1 aromatic heterocycles. The SMILES string of the molecule is CCCCCOc1cccc(C2c3c(oc4c(C)cc(C)cc4c3=O)C(=O)N2CCCOC(C)C)c1. The van der Waals surface area contributed by atoms with Crippen LogP contribution in [0.3, 0.4) is 0 Å². The Kier molecular flexibility index (Phi) is 8.14. The van der Waals surface area contributed by atoms with Crippen molar-refractivity contribution in [2.45, 2.75) is 72.4 Å². The molecule has 6 nitrogen and oxygen atoms in total. The Morgan fingerprint density at radius 3 is 2.58 bits per heavy atom. The molecular weight excluding hydrogens is 454 g/mol. The summed E-state index contributed by atoms with van der Waals surface area (Å²) in [5, 5.41) is 0.515. The van der Waals surface area contributed by atoms with Crippen molar-refractivity contribution >= 4 is 16.9 Å². The highest BCUT2D eigenvalue weighted by molar-refractivity contribution is 5.99. The first-order valence-electron chi connectivity index (χ1n) is 13.0. The summed E-state index contributed by atoms with van der Waals surface area (Å²) in [6, 6.07) is 11.0. The zero-order chi connectivity index (χ0) is 25.8. The minimum absolute atomic E-state index is 0.119. The predicted octanol–water partition coefficient (Wildman–Crippen LogP) is 6.34. The van der Waals surface area contributed by atoms with E-state index in [1.54, 1.807) is 4.90 Å². The van der Waals surface area contributed by atoms with Crippen molar-refractivity contribution in [3.8, 4) is 5.75 Å². The second-order valence-corrected chi connectivity index (χ2v) is 9.93. The summed E-state index contributed by atoms with van der Waals surface area (Å²) < 4.78 is 17.9. The molecule has 192 valence electrons. The van der Waals surface area contributed by atoms with Crippen LogP contribution in [0.5, 0.6) is 5.75 Å². The number of rotatable bonds is 11. The van der Waals surface area contributed by atoms with E-state index in [1.165, 1.54) is 0 Å². The molecule has 0 N–H and O–H groups in total. The van der Waals surface area contributed by atoms with Gasteiger partial charge in [0.15, 0.2) is 5.43 Å². The number of ether oxygens (including phenoxy) is 2. The van der Waals surface area contributed by atoms with E-state index in [-0.39, 0.29) is 23.2 Å². The largest absolute Gasteiger partial charge is 0.494 e. The van der Waals surface area contributed by atoms with Gasteiger partial charge in [-0.15, -0.1) is 0 Å². The first kappa shape index (κ1) is 26.0. The lowest BCUT2D eigenvalue weighted by Crippen LogP contribution is -2.31. The number of carbonyl (C=O) groups excluding carboxylic acids is 1. The maximum Gasteiger partial charge on any atom is 0.290 e. The number of aryl methyl sites for hydroxylation is 2. The van der Waals surface area contributed by atoms with Crippen LogP contribution >= 0.6 is 0 Å². The van der Waals surface area contributed by atoms with Crippen molar-refractivity contribution in [2.24, 2.45) is 0 Å². The van der Waals surface area contributed by atoms with Crippen molar-refractivity contribution in [3.63, 3.8) is 0 Å². The third kappa shape index (κ3) is 5.34. The van der Waals surface area contributed by atoms with Crippen LogP contribution < -0.4 is 10.2 Å². The molecule has 1 aliphatic heterocycles. The third-order valence-electron chi connectivity index (χ3n) is 6.58. The van der Waals surface area contributed by atoms with E-state index in [2.05, 4.69) is 6.92 Å². The van der Waals surface area contributed by atoms with Crippen LogP contribution in [0.1, 0.15) is 85.3 Å². The summed E-state index contributed by atoms with van der Waals surface area (Å²) >= 11 is 0. The Balaban J connectivity index is 1.76. The Labute approximate surface area is 213 Å². The van der Waals surface area contributed by atoms with Gasteiger partial charge in [0.05, 0.1) is 29.7 Å². The molecule has 1 unspecified atom stereocenters. The van der Waals surface area contributed by atoms with Gasteiger partial charge in [0.1, 0.15) is 11.3 Å². The molecule has 0 bridgehead atoms. The smallest absolute Gasteiger partial charge is 0.290 e. The second-order valence-electron chi connectivity index (χ2n) is 9.93. The van der Waals surface area contributed by atoms with E-state index < -0.39 is 6.04 Å². The molecule has 0 spiro atoms. The number of unbranched alkanes of at least 4 members (excludes halogenated alkanes) is 2. The van der Waals surface area contributed by atoms with Gasteiger partial charge in [-0.1, -0.05) is 38.0 Å². The van der Waals surface area contributed by atoms with Crippen LogP contribution in [-0.2, 0) is 4.74 Å². The zero-order valence-electron chi connectivity index (χ0n) is 22.1. The summed E-state index contributed by atoms with van der Waals surface area (Å²) in [5.41, 5.74) is 3.42. The molecule has 4 rings (SSSR count). The topological polar surface area (TPSA) is 69.0 Å². The summed E-state index contributed by atoms with van der Waals surface area (Å²) in [4.78, 5) is 29.2. The first-order chi connectivity index (χ1) is 17.3. The molecule has 6 heteroatoms. The van der Waals surface area contributed by atoms with E-state index in [0.717, 1.165) is 41.7 Å². The van der Waals surface area contributed by atoms with Crippen molar-refractivity contribution in [3.05, 3.63) is 74.6 Å². The molecule has 3 aromatic rings. The molecule has 36 heavy (non-hydrogen) atoms. The van der Waals surface area contributed by atoms with Crippen LogP contribution in [0.4, 0.5) is 0 Å². The van der Waals surface area contributed by atoms with Gasteiger partial charge in [0.2, 0.25) is 5.76 Å². The van der Waals surface area contributed by atoms with Gasteiger partial charge in [0.25, 0.3) is 5.91 Å². The van der Waals surface area contributed by atoms with E-state index in [9.17, 15) is 9.59 Å². The molecule has 2 aromatic carbocycles. The Morgan fingerprint density at radius 1 is 1.03 bits per heavy atom. The average molecular weight is 492 g/mol. The summed E-state index contributed by atoms with van der Waals surface area (Å²) in [6.07, 6.45) is 4.01. The molecule has 0 radical (unpaired) electrons. The van der Waals surface area contributed by atoms with E-state index in [0.29, 0.717) is 42.7 Å². The maximum absolute atomic E-state index is 13.9. The number of benzene rings is 2. The maximum atomic E-state index is 13.9. The molecule has 1 amide bonds. The fourth-order valence-electron chi connectivity index (χ4n) is 4.92. The Hall–Kier alpha value is -3.12. The lowest BCUT2D eigenvalue weighted by molar-refractivity contribution is 0.0593. The predicted molar refractivity (Wildman–Crippen MR) is 142 cm³/mol. The number of nitrogens with zero attached hydrogens (tertiary/aromatic N) is 1. The van der Waals surface area contributed by atoms with Crippen molar-refractivity contribution in [2.75, 3.05) is 19.8 Å². The molecule has 0 saturated carbocycles. The Bertz CT molecular complexity index is 1290. The molecular formula is C30H37NO5. The summed E-state index contributed by atoms with van der Waals surface area (Å²) in [5.74, 6) is 0.626. The second kappa shape index (κ2) is 11.3. The minimum atomic E-state index is -0.535. The highest BCUT2D eigenvalue weighted by Gasteiger charge is 2.42. The van der Waals surface area contributed by atoms with Crippen LogP contribution in [-0.4, -0.2) is 36.7 Å². The fraction of sp³-hybridized carbons (Fsp3) is 0.467. The molecule has 1 aliphatic rings. The number of amides is 1. The van der Waals surface area contributed by atoms with E-state index in [1.807, 2.05) is 64.1 Å². The minimum Gasteiger partial charge on any atom is -0.494 e. The molecule has 0 fully saturated rings. The first-order valence-corrected chi connectivity index (χ1v) is 13.0. The number of hydrogen-bond acceptors (Lipinski definition) is 5. The summed E-state index contributed by atoms with van der Waals surface area (Å²) in [6.45, 7) is 11.6. The van der Waals surface area contributed by atoms with Crippen LogP contribution in [0, 0.1) is 13.8 Å². The number of fused-ring (bicyclic) bond motifs is 2. The van der Waals surface area contributed by atoms with Crippen molar-refractivity contribution in [1.82, 2.24) is 4.90 Å². The quantitative estimate of drug-likeness (QED) is 0.293. The van der Waals surface area contributed by atoms with Crippen molar-refractivity contribution < 1.29 is 18.7 Å². The van der Waals surface area contributed by atoms with Gasteiger partial charge in [-0.25, -0.2) is 0 Å². The lowest BCUT2D eigenvalue weighted by Gasteiger charge is -2.25. The fourth-order valence-corrected chi connectivity index (χ4v) is 4.92. The highest BCUT2D eigenvalue weighted by Crippen LogP contribution is 2.39. The standard InChI is InChI=1S/C30H37NO5/c1-6-7-8-14-35-23-12-9-11-22(18-23)26-25-27(32)24-17-20(4)16-21(5)28(24)36-29(25)30(33)31(26)13-10-15-34-19(2)3/h9,11-12,16-19,26H,6-8,10,13-15H2,1-5H3. The third-order valence-corrected chi connectivity index (χ3v) is 6.58. The number of carbonyl (C=O) groups is 1.